The number of anilines is 1. The number of nitrogens with zero attached hydrogens (tertiary/aromatic N) is 3. The third-order valence-electron chi connectivity index (χ3n) is 3.49. The van der Waals surface area contributed by atoms with Crippen molar-refractivity contribution >= 4 is 17.4 Å². The number of benzene rings is 1. The van der Waals surface area contributed by atoms with Gasteiger partial charge < -0.3 is 5.32 Å². The molecular formula is C16H13N5O3. The molecule has 3 rings (SSSR count). The largest absolute Gasteiger partial charge is 0.305 e. The average Bonchev–Trinajstić information content (AvgIpc) is 3.04. The minimum Gasteiger partial charge on any atom is -0.305 e. The molecule has 0 aliphatic rings. The Labute approximate surface area is 136 Å². The molecule has 8 heteroatoms. The molecule has 120 valence electrons. The van der Waals surface area contributed by atoms with Crippen molar-refractivity contribution in [3.63, 3.8) is 0 Å². The van der Waals surface area contributed by atoms with Gasteiger partial charge in [0.05, 0.1) is 10.6 Å². The lowest BCUT2D eigenvalue weighted by Crippen LogP contribution is -2.14. The molecule has 2 aromatic heterocycles. The molecule has 0 spiro atoms. The molecule has 1 amide bonds. The van der Waals surface area contributed by atoms with Crippen molar-refractivity contribution in [1.29, 1.82) is 0 Å². The number of aryl methyl sites for hydroxylation is 1. The van der Waals surface area contributed by atoms with E-state index < -0.39 is 10.8 Å². The molecule has 1 aromatic carbocycles. The smallest absolute Gasteiger partial charge is 0.270 e. The molecule has 0 aliphatic heterocycles. The first-order valence-electron chi connectivity index (χ1n) is 7.07. The number of nitrogens with one attached hydrogen (secondary N) is 2. The van der Waals surface area contributed by atoms with E-state index >= 15 is 0 Å². The maximum absolute atomic E-state index is 12.4. The molecule has 0 bridgehead atoms. The Balaban J connectivity index is 1.82. The van der Waals surface area contributed by atoms with Gasteiger partial charge in [-0.3, -0.25) is 25.0 Å². The van der Waals surface area contributed by atoms with Gasteiger partial charge in [-0.1, -0.05) is 6.07 Å². The van der Waals surface area contributed by atoms with Crippen LogP contribution < -0.4 is 5.32 Å². The van der Waals surface area contributed by atoms with Crippen LogP contribution in [0.4, 0.5) is 11.5 Å². The summed E-state index contributed by atoms with van der Waals surface area (Å²) in [7, 11) is 0. The van der Waals surface area contributed by atoms with E-state index in [1.165, 1.54) is 12.1 Å². The Kier molecular flexibility index (Phi) is 4.02. The zero-order chi connectivity index (χ0) is 17.1. The van der Waals surface area contributed by atoms with E-state index in [9.17, 15) is 14.9 Å². The number of aromatic amines is 1. The molecular weight excluding hydrogens is 310 g/mol. The van der Waals surface area contributed by atoms with Gasteiger partial charge in [0.15, 0.2) is 5.82 Å². The third kappa shape index (κ3) is 3.12. The van der Waals surface area contributed by atoms with Gasteiger partial charge in [-0.05, 0) is 24.6 Å². The average molecular weight is 323 g/mol. The van der Waals surface area contributed by atoms with Gasteiger partial charge in [-0.25, -0.2) is 0 Å². The third-order valence-corrected chi connectivity index (χ3v) is 3.49. The highest BCUT2D eigenvalue weighted by molar-refractivity contribution is 6.05. The van der Waals surface area contributed by atoms with Crippen LogP contribution in [0, 0.1) is 17.0 Å². The number of carbonyl (C=O) groups is 1. The first-order valence-corrected chi connectivity index (χ1v) is 7.07. The van der Waals surface area contributed by atoms with Crippen molar-refractivity contribution < 1.29 is 9.72 Å². The van der Waals surface area contributed by atoms with E-state index in [-0.39, 0.29) is 11.3 Å². The first-order chi connectivity index (χ1) is 11.5. The first kappa shape index (κ1) is 15.3. The van der Waals surface area contributed by atoms with Crippen LogP contribution >= 0.6 is 0 Å². The van der Waals surface area contributed by atoms with Crippen LogP contribution in [0.2, 0.25) is 0 Å². The van der Waals surface area contributed by atoms with Gasteiger partial charge in [0.2, 0.25) is 0 Å². The Bertz CT molecular complexity index is 905. The second kappa shape index (κ2) is 6.29. The zero-order valence-corrected chi connectivity index (χ0v) is 12.7. The normalized spacial score (nSPS) is 10.4. The summed E-state index contributed by atoms with van der Waals surface area (Å²) in [5.74, 6) is -0.123. The Hall–Kier alpha value is -3.55. The minimum atomic E-state index is -0.535. The van der Waals surface area contributed by atoms with Crippen molar-refractivity contribution in [3.05, 3.63) is 70.0 Å². The van der Waals surface area contributed by atoms with Crippen LogP contribution in [0.5, 0.6) is 0 Å². The second-order valence-electron chi connectivity index (χ2n) is 5.11. The van der Waals surface area contributed by atoms with Crippen molar-refractivity contribution in [1.82, 2.24) is 15.2 Å². The van der Waals surface area contributed by atoms with Gasteiger partial charge in [-0.2, -0.15) is 5.10 Å². The number of aromatic nitrogens is 3. The number of H-pyrrole nitrogens is 1. The van der Waals surface area contributed by atoms with Gasteiger partial charge in [0, 0.05) is 41.7 Å². The van der Waals surface area contributed by atoms with Crippen LogP contribution in [-0.4, -0.2) is 26.0 Å². The highest BCUT2D eigenvalue weighted by atomic mass is 16.6. The summed E-state index contributed by atoms with van der Waals surface area (Å²) in [6, 6.07) is 9.46. The minimum absolute atomic E-state index is 0.134. The molecule has 0 radical (unpaired) electrons. The molecule has 2 heterocycles. The summed E-state index contributed by atoms with van der Waals surface area (Å²) >= 11 is 0. The van der Waals surface area contributed by atoms with E-state index in [4.69, 9.17) is 0 Å². The number of rotatable bonds is 4. The maximum Gasteiger partial charge on any atom is 0.270 e. The summed E-state index contributed by atoms with van der Waals surface area (Å²) < 4.78 is 0. The van der Waals surface area contributed by atoms with Crippen molar-refractivity contribution in [2.45, 2.75) is 6.92 Å². The molecule has 8 nitrogen and oxygen atoms in total. The molecule has 0 saturated carbocycles. The highest BCUT2D eigenvalue weighted by Crippen LogP contribution is 2.21. The van der Waals surface area contributed by atoms with Gasteiger partial charge in [-0.15, -0.1) is 0 Å². The monoisotopic (exact) mass is 323 g/mol. The highest BCUT2D eigenvalue weighted by Gasteiger charge is 2.16. The standard InChI is InChI=1S/C16H13N5O3/c1-10-2-3-12(21(23)24)8-13(10)16(22)18-15-9-14(19-20-15)11-4-6-17-7-5-11/h2-9H,1H3,(H2,18,19,20,22). The summed E-state index contributed by atoms with van der Waals surface area (Å²) in [4.78, 5) is 26.6. The van der Waals surface area contributed by atoms with Gasteiger partial charge in [0.25, 0.3) is 11.6 Å². The summed E-state index contributed by atoms with van der Waals surface area (Å²) in [6.45, 7) is 1.71. The summed E-state index contributed by atoms with van der Waals surface area (Å²) in [6.07, 6.45) is 3.31. The van der Waals surface area contributed by atoms with E-state index in [0.717, 1.165) is 11.3 Å². The Morgan fingerprint density at radius 3 is 2.67 bits per heavy atom. The van der Waals surface area contributed by atoms with Gasteiger partial charge in [0.1, 0.15) is 0 Å². The molecule has 0 fully saturated rings. The molecule has 0 aliphatic carbocycles. The zero-order valence-electron chi connectivity index (χ0n) is 12.7. The Morgan fingerprint density at radius 1 is 1.21 bits per heavy atom. The fourth-order valence-electron chi connectivity index (χ4n) is 2.22. The fourth-order valence-corrected chi connectivity index (χ4v) is 2.22. The predicted molar refractivity (Wildman–Crippen MR) is 87.6 cm³/mol. The molecule has 24 heavy (non-hydrogen) atoms. The van der Waals surface area contributed by atoms with Crippen molar-refractivity contribution in [3.8, 4) is 11.3 Å². The second-order valence-corrected chi connectivity index (χ2v) is 5.11. The molecule has 3 aromatic rings. The van der Waals surface area contributed by atoms with Crippen LogP contribution in [0.25, 0.3) is 11.3 Å². The molecule has 0 unspecified atom stereocenters. The topological polar surface area (TPSA) is 114 Å². The quantitative estimate of drug-likeness (QED) is 0.566. The van der Waals surface area contributed by atoms with Crippen LogP contribution in [0.1, 0.15) is 15.9 Å². The number of nitro benzene ring substituents is 1. The fraction of sp³-hybridized carbons (Fsp3) is 0.0625. The van der Waals surface area contributed by atoms with Crippen molar-refractivity contribution in [2.24, 2.45) is 0 Å². The lowest BCUT2D eigenvalue weighted by molar-refractivity contribution is -0.384. The molecule has 0 atom stereocenters. The number of pyridine rings is 1. The number of hydrogen-bond acceptors (Lipinski definition) is 5. The van der Waals surface area contributed by atoms with E-state index in [2.05, 4.69) is 20.5 Å². The number of non-ortho nitro benzene ring substituents is 1. The predicted octanol–water partition coefficient (Wildman–Crippen LogP) is 2.94. The lowest BCUT2D eigenvalue weighted by atomic mass is 10.1. The van der Waals surface area contributed by atoms with E-state index in [1.807, 2.05) is 12.1 Å². The van der Waals surface area contributed by atoms with Gasteiger partial charge >= 0.3 is 0 Å². The number of hydrogen-bond donors (Lipinski definition) is 2. The summed E-state index contributed by atoms with van der Waals surface area (Å²) in [5.41, 5.74) is 2.35. The number of amides is 1. The summed E-state index contributed by atoms with van der Waals surface area (Å²) in [5, 5.41) is 20.3. The molecule has 2 N–H and O–H groups in total. The van der Waals surface area contributed by atoms with Crippen LogP contribution in [-0.2, 0) is 0 Å². The SMILES string of the molecule is Cc1ccc([N+](=O)[O-])cc1C(=O)Nc1cc(-c2ccncc2)[nH]n1. The van der Waals surface area contributed by atoms with Crippen LogP contribution in [0.15, 0.2) is 48.8 Å². The van der Waals surface area contributed by atoms with E-state index in [1.54, 1.807) is 31.5 Å². The Morgan fingerprint density at radius 2 is 1.96 bits per heavy atom. The molecule has 0 saturated heterocycles. The number of nitro groups is 1. The maximum atomic E-state index is 12.4. The lowest BCUT2D eigenvalue weighted by Gasteiger charge is -2.05. The van der Waals surface area contributed by atoms with Crippen molar-refractivity contribution in [2.75, 3.05) is 5.32 Å². The van der Waals surface area contributed by atoms with Crippen LogP contribution in [0.3, 0.4) is 0 Å². The van der Waals surface area contributed by atoms with E-state index in [0.29, 0.717) is 11.4 Å². The number of carbonyl (C=O) groups excluding carboxylic acids is 1.